The zero-order chi connectivity index (χ0) is 14.4. The molecule has 0 unspecified atom stereocenters. The van der Waals surface area contributed by atoms with E-state index in [0.29, 0.717) is 17.5 Å². The smallest absolute Gasteiger partial charge is 0.248 e. The molecule has 0 fully saturated rings. The highest BCUT2D eigenvalue weighted by Crippen LogP contribution is 2.13. The van der Waals surface area contributed by atoms with Crippen molar-refractivity contribution < 1.29 is 14.7 Å². The van der Waals surface area contributed by atoms with Gasteiger partial charge in [-0.25, -0.2) is 0 Å². The van der Waals surface area contributed by atoms with Crippen LogP contribution in [0.15, 0.2) is 54.6 Å². The highest BCUT2D eigenvalue weighted by molar-refractivity contribution is 6.04. The molecule has 0 saturated carbocycles. The molecule has 100 valence electrons. The summed E-state index contributed by atoms with van der Waals surface area (Å²) in [5.41, 5.74) is 1.64. The van der Waals surface area contributed by atoms with E-state index in [9.17, 15) is 14.7 Å². The van der Waals surface area contributed by atoms with Crippen LogP contribution in [0.1, 0.15) is 15.9 Å². The number of nitrogens with one attached hydrogen (secondary N) is 1. The first-order chi connectivity index (χ1) is 9.69. The summed E-state index contributed by atoms with van der Waals surface area (Å²) < 4.78 is 0. The van der Waals surface area contributed by atoms with Crippen molar-refractivity contribution in [3.8, 4) is 5.75 Å². The first-order valence-corrected chi connectivity index (χ1v) is 5.99. The molecule has 0 radical (unpaired) electrons. The molecule has 0 aliphatic heterocycles. The minimum atomic E-state index is -0.342. The lowest BCUT2D eigenvalue weighted by Crippen LogP contribution is -2.09. The number of carbonyl (C=O) groups is 2. The Balaban J connectivity index is 2.05. The fourth-order valence-corrected chi connectivity index (χ4v) is 1.64. The van der Waals surface area contributed by atoms with Gasteiger partial charge in [0.05, 0.1) is 5.69 Å². The van der Waals surface area contributed by atoms with Crippen LogP contribution in [0, 0.1) is 0 Å². The van der Waals surface area contributed by atoms with Gasteiger partial charge in [-0.3, -0.25) is 9.59 Å². The highest BCUT2D eigenvalue weighted by Gasteiger charge is 2.02. The second kappa shape index (κ2) is 6.33. The third-order valence-corrected chi connectivity index (χ3v) is 2.65. The van der Waals surface area contributed by atoms with Gasteiger partial charge in [-0.2, -0.15) is 0 Å². The summed E-state index contributed by atoms with van der Waals surface area (Å²) in [6, 6.07) is 12.9. The Kier molecular flexibility index (Phi) is 4.29. The fraction of sp³-hybridized carbons (Fsp3) is 0. The molecule has 0 spiro atoms. The predicted octanol–water partition coefficient (Wildman–Crippen LogP) is 2.22. The van der Waals surface area contributed by atoms with Crippen LogP contribution in [-0.2, 0) is 4.79 Å². The number of carbonyl (C=O) groups excluding carboxylic acids is 2. The molecule has 0 heterocycles. The van der Waals surface area contributed by atoms with Crippen molar-refractivity contribution >= 4 is 24.0 Å². The molecule has 0 aliphatic carbocycles. The van der Waals surface area contributed by atoms with Crippen molar-refractivity contribution in [2.24, 2.45) is 0 Å². The molecule has 0 atom stereocenters. The average molecular weight is 266 g/mol. The van der Waals surface area contributed by atoms with Crippen molar-refractivity contribution in [2.75, 3.05) is 5.32 Å². The molecule has 1 N–H and O–H groups in total. The Labute approximate surface area is 116 Å². The van der Waals surface area contributed by atoms with Crippen molar-refractivity contribution in [3.05, 3.63) is 65.7 Å². The summed E-state index contributed by atoms with van der Waals surface area (Å²) in [5.74, 6) is -0.419. The molecular formula is C16H12NO3-. The first kappa shape index (κ1) is 13.5. The van der Waals surface area contributed by atoms with E-state index >= 15 is 0 Å². The van der Waals surface area contributed by atoms with Crippen molar-refractivity contribution in [1.29, 1.82) is 0 Å². The topological polar surface area (TPSA) is 69.2 Å². The fourth-order valence-electron chi connectivity index (χ4n) is 1.64. The van der Waals surface area contributed by atoms with E-state index < -0.39 is 0 Å². The molecule has 2 rings (SSSR count). The van der Waals surface area contributed by atoms with Crippen LogP contribution < -0.4 is 10.4 Å². The highest BCUT2D eigenvalue weighted by atomic mass is 16.3. The van der Waals surface area contributed by atoms with Crippen molar-refractivity contribution in [3.63, 3.8) is 0 Å². The van der Waals surface area contributed by atoms with Gasteiger partial charge in [0.25, 0.3) is 0 Å². The summed E-state index contributed by atoms with van der Waals surface area (Å²) in [6.45, 7) is 0. The molecule has 0 aromatic heterocycles. The molecule has 2 aromatic carbocycles. The molecule has 2 aromatic rings. The Bertz CT molecular complexity index is 645. The average Bonchev–Trinajstić information content (AvgIpc) is 2.47. The van der Waals surface area contributed by atoms with E-state index in [1.165, 1.54) is 18.2 Å². The van der Waals surface area contributed by atoms with Crippen LogP contribution in [0.5, 0.6) is 5.75 Å². The van der Waals surface area contributed by atoms with E-state index in [2.05, 4.69) is 5.32 Å². The van der Waals surface area contributed by atoms with Crippen molar-refractivity contribution in [1.82, 2.24) is 0 Å². The lowest BCUT2D eigenvalue weighted by molar-refractivity contribution is -0.268. The van der Waals surface area contributed by atoms with Crippen LogP contribution >= 0.6 is 0 Å². The summed E-state index contributed by atoms with van der Waals surface area (Å²) >= 11 is 0. The minimum Gasteiger partial charge on any atom is -0.872 e. The van der Waals surface area contributed by atoms with Crippen LogP contribution in [-0.4, -0.2) is 12.2 Å². The van der Waals surface area contributed by atoms with Crippen LogP contribution in [0.3, 0.4) is 0 Å². The predicted molar refractivity (Wildman–Crippen MR) is 75.4 cm³/mol. The number of hydrogen-bond donors (Lipinski definition) is 1. The lowest BCUT2D eigenvalue weighted by atomic mass is 10.2. The van der Waals surface area contributed by atoms with Gasteiger partial charge in [0, 0.05) is 11.6 Å². The minimum absolute atomic E-state index is 0.0773. The van der Waals surface area contributed by atoms with Crippen LogP contribution in [0.25, 0.3) is 6.08 Å². The molecule has 1 amide bonds. The van der Waals surface area contributed by atoms with E-state index in [0.717, 1.165) is 5.56 Å². The van der Waals surface area contributed by atoms with Crippen LogP contribution in [0.4, 0.5) is 5.69 Å². The molecular weight excluding hydrogens is 254 g/mol. The Hall–Kier alpha value is -2.88. The number of anilines is 1. The maximum atomic E-state index is 11.7. The van der Waals surface area contributed by atoms with E-state index in [1.54, 1.807) is 42.5 Å². The summed E-state index contributed by atoms with van der Waals surface area (Å²) in [7, 11) is 0. The molecule has 0 aliphatic rings. The molecule has 0 bridgehead atoms. The first-order valence-electron chi connectivity index (χ1n) is 5.99. The van der Waals surface area contributed by atoms with Gasteiger partial charge in [-0.15, -0.1) is 5.75 Å². The Morgan fingerprint density at radius 1 is 1.05 bits per heavy atom. The quantitative estimate of drug-likeness (QED) is 0.681. The van der Waals surface area contributed by atoms with Crippen LogP contribution in [0.2, 0.25) is 0 Å². The summed E-state index contributed by atoms with van der Waals surface area (Å²) in [6.07, 6.45) is 3.63. The summed E-state index contributed by atoms with van der Waals surface area (Å²) in [5, 5.41) is 13.6. The van der Waals surface area contributed by atoms with Gasteiger partial charge in [0.2, 0.25) is 5.91 Å². The Morgan fingerprint density at radius 3 is 2.45 bits per heavy atom. The number of benzene rings is 2. The lowest BCUT2D eigenvalue weighted by Gasteiger charge is -2.05. The zero-order valence-electron chi connectivity index (χ0n) is 10.6. The number of hydrogen-bond acceptors (Lipinski definition) is 3. The maximum absolute atomic E-state index is 11.7. The van der Waals surface area contributed by atoms with E-state index in [-0.39, 0.29) is 11.7 Å². The third kappa shape index (κ3) is 3.55. The van der Waals surface area contributed by atoms with Gasteiger partial charge in [0.1, 0.15) is 0 Å². The molecule has 0 saturated heterocycles. The number of amides is 1. The second-order valence-corrected chi connectivity index (χ2v) is 4.10. The molecule has 4 heteroatoms. The Morgan fingerprint density at radius 2 is 1.75 bits per heavy atom. The molecule has 4 nitrogen and oxygen atoms in total. The maximum Gasteiger partial charge on any atom is 0.248 e. The van der Waals surface area contributed by atoms with Gasteiger partial charge >= 0.3 is 0 Å². The standard InChI is InChI=1S/C16H13NO3/c18-11-13-3-1-2-4-15(13)17-16(20)10-7-12-5-8-14(19)9-6-12/h1-11,19H,(H,17,20)/p-1/b10-7+. The number of aldehydes is 1. The second-order valence-electron chi connectivity index (χ2n) is 4.10. The monoisotopic (exact) mass is 266 g/mol. The number of para-hydroxylation sites is 1. The largest absolute Gasteiger partial charge is 0.872 e. The normalized spacial score (nSPS) is 10.4. The van der Waals surface area contributed by atoms with E-state index in [1.807, 2.05) is 0 Å². The van der Waals surface area contributed by atoms with E-state index in [4.69, 9.17) is 0 Å². The zero-order valence-corrected chi connectivity index (χ0v) is 10.6. The van der Waals surface area contributed by atoms with Gasteiger partial charge in [-0.05, 0) is 23.8 Å². The third-order valence-electron chi connectivity index (χ3n) is 2.65. The number of rotatable bonds is 4. The molecule has 20 heavy (non-hydrogen) atoms. The summed E-state index contributed by atoms with van der Waals surface area (Å²) in [4.78, 5) is 22.6. The van der Waals surface area contributed by atoms with Gasteiger partial charge < -0.3 is 10.4 Å². The van der Waals surface area contributed by atoms with Gasteiger partial charge in [-0.1, -0.05) is 36.4 Å². The van der Waals surface area contributed by atoms with Crippen molar-refractivity contribution in [2.45, 2.75) is 0 Å². The SMILES string of the molecule is O=Cc1ccccc1NC(=O)/C=C/c1ccc([O-])cc1. The van der Waals surface area contributed by atoms with Gasteiger partial charge in [0.15, 0.2) is 6.29 Å².